The van der Waals surface area contributed by atoms with E-state index in [4.69, 9.17) is 0 Å². The molecule has 3 rings (SSSR count). The Balaban J connectivity index is 0.00000280. The van der Waals surface area contributed by atoms with Crippen LogP contribution in [0.2, 0.25) is 0 Å². The number of halogens is 1. The summed E-state index contributed by atoms with van der Waals surface area (Å²) in [6, 6.07) is 9.04. The van der Waals surface area contributed by atoms with Crippen molar-refractivity contribution >= 4 is 29.9 Å². The molecule has 1 aromatic carbocycles. The van der Waals surface area contributed by atoms with E-state index in [2.05, 4.69) is 61.8 Å². The standard InChI is InChI=1S/C20H31N7.HI/c1-3-9-26-10-7-19(8-11-26)25-20(21-2)23-13-17-5-4-6-18(12-17)14-27-16-22-15-24-27;/h4-6,12,15-16,19H,3,7-11,13-14H2,1-2H3,(H2,21,23,25);1H. The van der Waals surface area contributed by atoms with Crippen LogP contribution in [0.5, 0.6) is 0 Å². The first kappa shape index (κ1) is 22.6. The molecule has 1 aliphatic rings. The number of nitrogens with one attached hydrogen (secondary N) is 2. The summed E-state index contributed by atoms with van der Waals surface area (Å²) in [5.41, 5.74) is 2.44. The number of hydrogen-bond acceptors (Lipinski definition) is 4. The monoisotopic (exact) mass is 497 g/mol. The molecule has 0 saturated carbocycles. The maximum absolute atomic E-state index is 4.39. The van der Waals surface area contributed by atoms with Gasteiger partial charge >= 0.3 is 0 Å². The number of aliphatic imine (C=N–C) groups is 1. The van der Waals surface area contributed by atoms with Gasteiger partial charge in [-0.25, -0.2) is 9.67 Å². The number of piperidine rings is 1. The summed E-state index contributed by atoms with van der Waals surface area (Å²) >= 11 is 0. The second kappa shape index (κ2) is 12.0. The van der Waals surface area contributed by atoms with Crippen LogP contribution in [-0.2, 0) is 13.1 Å². The Hall–Kier alpha value is -1.68. The largest absolute Gasteiger partial charge is 0.354 e. The van der Waals surface area contributed by atoms with Gasteiger partial charge in [0.15, 0.2) is 5.96 Å². The second-order valence-electron chi connectivity index (χ2n) is 7.10. The van der Waals surface area contributed by atoms with Crippen LogP contribution in [0.15, 0.2) is 41.9 Å². The molecule has 1 fully saturated rings. The van der Waals surface area contributed by atoms with Crippen molar-refractivity contribution in [1.29, 1.82) is 0 Å². The third-order valence-electron chi connectivity index (χ3n) is 4.95. The molecule has 2 N–H and O–H groups in total. The molecular formula is C20H32IN7. The third kappa shape index (κ3) is 7.05. The SMILES string of the molecule is CCCN1CCC(NC(=NC)NCc2cccc(Cn3cncn3)c2)CC1.I. The van der Waals surface area contributed by atoms with Crippen molar-refractivity contribution in [3.63, 3.8) is 0 Å². The number of nitrogens with zero attached hydrogens (tertiary/aromatic N) is 5. The topological polar surface area (TPSA) is 70.4 Å². The Kier molecular flexibility index (Phi) is 9.69. The summed E-state index contributed by atoms with van der Waals surface area (Å²) in [7, 11) is 1.84. The molecule has 2 aromatic rings. The average molecular weight is 497 g/mol. The van der Waals surface area contributed by atoms with Crippen molar-refractivity contribution in [1.82, 2.24) is 30.3 Å². The van der Waals surface area contributed by atoms with E-state index in [1.807, 2.05) is 11.7 Å². The maximum atomic E-state index is 4.39. The van der Waals surface area contributed by atoms with Crippen molar-refractivity contribution in [3.05, 3.63) is 48.0 Å². The van der Waals surface area contributed by atoms with Gasteiger partial charge in [0.05, 0.1) is 6.54 Å². The zero-order valence-corrected chi connectivity index (χ0v) is 19.2. The van der Waals surface area contributed by atoms with E-state index in [0.29, 0.717) is 6.04 Å². The van der Waals surface area contributed by atoms with E-state index in [1.54, 1.807) is 12.7 Å². The lowest BCUT2D eigenvalue weighted by atomic mass is 10.1. The first-order valence-electron chi connectivity index (χ1n) is 9.86. The van der Waals surface area contributed by atoms with Crippen molar-refractivity contribution in [3.8, 4) is 0 Å². The molecule has 1 aliphatic heterocycles. The zero-order valence-electron chi connectivity index (χ0n) is 16.8. The molecule has 0 unspecified atom stereocenters. The first-order valence-corrected chi connectivity index (χ1v) is 9.86. The van der Waals surface area contributed by atoms with Gasteiger partial charge in [0.1, 0.15) is 12.7 Å². The Morgan fingerprint density at radius 3 is 2.71 bits per heavy atom. The molecule has 2 heterocycles. The minimum atomic E-state index is 0. The summed E-state index contributed by atoms with van der Waals surface area (Å²) in [5, 5.41) is 11.2. The van der Waals surface area contributed by atoms with Gasteiger partial charge in [-0.1, -0.05) is 31.2 Å². The summed E-state index contributed by atoms with van der Waals surface area (Å²) in [4.78, 5) is 10.9. The van der Waals surface area contributed by atoms with Crippen LogP contribution in [0.25, 0.3) is 0 Å². The Morgan fingerprint density at radius 1 is 1.25 bits per heavy atom. The molecule has 0 atom stereocenters. The Bertz CT molecular complexity index is 709. The van der Waals surface area contributed by atoms with Crippen molar-refractivity contribution < 1.29 is 0 Å². The van der Waals surface area contributed by atoms with Crippen molar-refractivity contribution in [2.24, 2.45) is 4.99 Å². The highest BCUT2D eigenvalue weighted by atomic mass is 127. The van der Waals surface area contributed by atoms with Crippen LogP contribution in [0.1, 0.15) is 37.3 Å². The van der Waals surface area contributed by atoms with Crippen LogP contribution < -0.4 is 10.6 Å². The quantitative estimate of drug-likeness (QED) is 0.350. The van der Waals surface area contributed by atoms with Crippen molar-refractivity contribution in [2.75, 3.05) is 26.7 Å². The van der Waals surface area contributed by atoms with Crippen LogP contribution in [0.4, 0.5) is 0 Å². The fraction of sp³-hybridized carbons (Fsp3) is 0.550. The lowest BCUT2D eigenvalue weighted by Gasteiger charge is -2.32. The van der Waals surface area contributed by atoms with Gasteiger partial charge in [-0.3, -0.25) is 4.99 Å². The molecule has 154 valence electrons. The minimum Gasteiger partial charge on any atom is -0.354 e. The number of rotatable bonds is 7. The van der Waals surface area contributed by atoms with Gasteiger partial charge in [0.2, 0.25) is 0 Å². The highest BCUT2D eigenvalue weighted by Crippen LogP contribution is 2.11. The molecule has 0 aliphatic carbocycles. The predicted octanol–water partition coefficient (Wildman–Crippen LogP) is 2.48. The first-order chi connectivity index (χ1) is 13.3. The minimum absolute atomic E-state index is 0. The lowest BCUT2D eigenvalue weighted by Crippen LogP contribution is -2.48. The van der Waals surface area contributed by atoms with Gasteiger partial charge in [0.25, 0.3) is 0 Å². The van der Waals surface area contributed by atoms with E-state index in [-0.39, 0.29) is 24.0 Å². The summed E-state index contributed by atoms with van der Waals surface area (Å²) < 4.78 is 1.83. The van der Waals surface area contributed by atoms with Gasteiger partial charge in [-0.2, -0.15) is 5.10 Å². The predicted molar refractivity (Wildman–Crippen MR) is 124 cm³/mol. The van der Waals surface area contributed by atoms with Gasteiger partial charge in [0, 0.05) is 32.7 Å². The van der Waals surface area contributed by atoms with Gasteiger partial charge in [-0.15, -0.1) is 24.0 Å². The Morgan fingerprint density at radius 2 is 2.04 bits per heavy atom. The van der Waals surface area contributed by atoms with Crippen LogP contribution in [0, 0.1) is 0 Å². The normalized spacial score (nSPS) is 15.9. The van der Waals surface area contributed by atoms with E-state index >= 15 is 0 Å². The van der Waals surface area contributed by atoms with E-state index in [9.17, 15) is 0 Å². The molecule has 7 nitrogen and oxygen atoms in total. The van der Waals surface area contributed by atoms with Crippen LogP contribution >= 0.6 is 24.0 Å². The molecule has 1 saturated heterocycles. The molecule has 0 spiro atoms. The summed E-state index contributed by atoms with van der Waals surface area (Å²) in [5.74, 6) is 0.880. The number of benzene rings is 1. The summed E-state index contributed by atoms with van der Waals surface area (Å²) in [6.45, 7) is 7.29. The number of guanidine groups is 1. The van der Waals surface area contributed by atoms with E-state index in [0.717, 1.165) is 19.0 Å². The smallest absolute Gasteiger partial charge is 0.191 e. The Labute approximate surface area is 185 Å². The number of hydrogen-bond donors (Lipinski definition) is 2. The van der Waals surface area contributed by atoms with Crippen molar-refractivity contribution in [2.45, 2.75) is 45.3 Å². The number of aromatic nitrogens is 3. The average Bonchev–Trinajstić information content (AvgIpc) is 3.20. The highest BCUT2D eigenvalue weighted by molar-refractivity contribution is 14.0. The van der Waals surface area contributed by atoms with E-state index < -0.39 is 0 Å². The lowest BCUT2D eigenvalue weighted by molar-refractivity contribution is 0.206. The third-order valence-corrected chi connectivity index (χ3v) is 4.95. The van der Waals surface area contributed by atoms with Gasteiger partial charge < -0.3 is 15.5 Å². The second-order valence-corrected chi connectivity index (χ2v) is 7.10. The van der Waals surface area contributed by atoms with E-state index in [1.165, 1.54) is 50.0 Å². The molecule has 8 heteroatoms. The highest BCUT2D eigenvalue weighted by Gasteiger charge is 2.19. The molecular weight excluding hydrogens is 465 g/mol. The fourth-order valence-electron chi connectivity index (χ4n) is 3.53. The fourth-order valence-corrected chi connectivity index (χ4v) is 3.53. The number of likely N-dealkylation sites (tertiary alicyclic amines) is 1. The summed E-state index contributed by atoms with van der Waals surface area (Å²) in [6.07, 6.45) is 6.88. The molecule has 28 heavy (non-hydrogen) atoms. The van der Waals surface area contributed by atoms with Crippen LogP contribution in [-0.4, -0.2) is 58.3 Å². The molecule has 0 bridgehead atoms. The zero-order chi connectivity index (χ0) is 18.9. The molecule has 0 radical (unpaired) electrons. The maximum Gasteiger partial charge on any atom is 0.191 e. The van der Waals surface area contributed by atoms with Crippen LogP contribution in [0.3, 0.4) is 0 Å². The molecule has 1 aromatic heterocycles. The molecule has 0 amide bonds. The van der Waals surface area contributed by atoms with Gasteiger partial charge in [-0.05, 0) is 36.9 Å².